The van der Waals surface area contributed by atoms with E-state index in [2.05, 4.69) is 22.1 Å². The maximum atomic E-state index is 13.2. The lowest BCUT2D eigenvalue weighted by Gasteiger charge is -2.09. The number of methoxy groups -OCH3 is 1. The predicted octanol–water partition coefficient (Wildman–Crippen LogP) is 4.59. The highest BCUT2D eigenvalue weighted by Gasteiger charge is 2.14. The fraction of sp³-hybridized carbons (Fsp3) is 0.190. The van der Waals surface area contributed by atoms with E-state index in [-0.39, 0.29) is 16.7 Å². The van der Waals surface area contributed by atoms with Gasteiger partial charge in [0.2, 0.25) is 5.91 Å². The Kier molecular flexibility index (Phi) is 7.48. The number of rotatable bonds is 9. The number of carbonyl (C=O) groups is 1. The number of aromatic nitrogens is 3. The summed E-state index contributed by atoms with van der Waals surface area (Å²) in [6.45, 7) is 4.31. The Balaban J connectivity index is 1.65. The minimum Gasteiger partial charge on any atom is -0.497 e. The molecule has 2 aromatic carbocycles. The van der Waals surface area contributed by atoms with Crippen molar-refractivity contribution < 1.29 is 13.9 Å². The van der Waals surface area contributed by atoms with Crippen LogP contribution in [0.1, 0.15) is 11.4 Å². The molecule has 0 saturated carbocycles. The van der Waals surface area contributed by atoms with Crippen molar-refractivity contribution in [2.75, 3.05) is 18.2 Å². The number of halogens is 2. The van der Waals surface area contributed by atoms with Crippen molar-refractivity contribution in [3.63, 3.8) is 0 Å². The molecule has 0 unspecified atom stereocenters. The van der Waals surface area contributed by atoms with Crippen LogP contribution >= 0.6 is 23.4 Å². The van der Waals surface area contributed by atoms with E-state index in [9.17, 15) is 9.18 Å². The molecule has 0 saturated heterocycles. The van der Waals surface area contributed by atoms with E-state index < -0.39 is 5.82 Å². The molecule has 1 heterocycles. The molecular weight excluding hydrogens is 427 g/mol. The third-order valence-corrected chi connectivity index (χ3v) is 5.42. The monoisotopic (exact) mass is 446 g/mol. The third-order valence-electron chi connectivity index (χ3n) is 4.16. The van der Waals surface area contributed by atoms with Crippen LogP contribution in [0.5, 0.6) is 5.75 Å². The molecule has 30 heavy (non-hydrogen) atoms. The molecule has 0 radical (unpaired) electrons. The Bertz CT molecular complexity index is 1040. The van der Waals surface area contributed by atoms with Gasteiger partial charge >= 0.3 is 0 Å². The third kappa shape index (κ3) is 5.61. The van der Waals surface area contributed by atoms with Gasteiger partial charge in [-0.1, -0.05) is 41.6 Å². The summed E-state index contributed by atoms with van der Waals surface area (Å²) in [5.74, 6) is 0.884. The molecule has 0 bridgehead atoms. The van der Waals surface area contributed by atoms with Crippen molar-refractivity contribution in [2.45, 2.75) is 18.1 Å². The topological polar surface area (TPSA) is 69.0 Å². The van der Waals surface area contributed by atoms with Crippen LogP contribution < -0.4 is 10.1 Å². The average Bonchev–Trinajstić information content (AvgIpc) is 3.11. The number of carbonyl (C=O) groups excluding carboxylic acids is 1. The van der Waals surface area contributed by atoms with Gasteiger partial charge < -0.3 is 14.6 Å². The summed E-state index contributed by atoms with van der Waals surface area (Å²) in [4.78, 5) is 12.3. The van der Waals surface area contributed by atoms with Crippen molar-refractivity contribution >= 4 is 35.0 Å². The minimum absolute atomic E-state index is 0.0469. The second-order valence-electron chi connectivity index (χ2n) is 6.29. The first-order chi connectivity index (χ1) is 14.5. The summed E-state index contributed by atoms with van der Waals surface area (Å²) in [6.07, 6.45) is 2.34. The highest BCUT2D eigenvalue weighted by atomic mass is 35.5. The first-order valence-corrected chi connectivity index (χ1v) is 10.4. The van der Waals surface area contributed by atoms with Gasteiger partial charge in [-0.25, -0.2) is 4.39 Å². The Hall–Kier alpha value is -2.84. The van der Waals surface area contributed by atoms with Gasteiger partial charge in [-0.3, -0.25) is 4.79 Å². The van der Waals surface area contributed by atoms with Crippen LogP contribution in [0.15, 0.2) is 60.3 Å². The minimum atomic E-state index is -0.536. The zero-order valence-corrected chi connectivity index (χ0v) is 17.8. The van der Waals surface area contributed by atoms with Crippen LogP contribution in [-0.4, -0.2) is 33.5 Å². The molecule has 0 aliphatic carbocycles. The summed E-state index contributed by atoms with van der Waals surface area (Å²) in [5.41, 5.74) is 1.50. The van der Waals surface area contributed by atoms with Crippen LogP contribution in [0.4, 0.5) is 10.1 Å². The molecule has 0 spiro atoms. The summed E-state index contributed by atoms with van der Waals surface area (Å²) < 4.78 is 20.3. The van der Waals surface area contributed by atoms with Crippen molar-refractivity contribution in [2.24, 2.45) is 0 Å². The number of benzene rings is 2. The summed E-state index contributed by atoms with van der Waals surface area (Å²) >= 11 is 7.00. The number of ether oxygens (including phenoxy) is 1. The second-order valence-corrected chi connectivity index (χ2v) is 7.64. The molecule has 0 atom stereocenters. The number of allylic oxidation sites excluding steroid dienone is 1. The highest BCUT2D eigenvalue weighted by Crippen LogP contribution is 2.22. The number of thioether (sulfide) groups is 1. The number of amides is 1. The number of hydrogen-bond donors (Lipinski definition) is 1. The van der Waals surface area contributed by atoms with E-state index in [0.29, 0.717) is 23.8 Å². The SMILES string of the molecule is C=CCn1c(Cc2ccc(OC)cc2)nnc1SCC(=O)Nc1ccc(F)c(Cl)c1. The lowest BCUT2D eigenvalue weighted by molar-refractivity contribution is -0.113. The molecular formula is C21H20ClFN4O2S. The van der Waals surface area contributed by atoms with Crippen LogP contribution in [0.3, 0.4) is 0 Å². The molecule has 9 heteroatoms. The fourth-order valence-corrected chi connectivity index (χ4v) is 3.64. The maximum absolute atomic E-state index is 13.2. The van der Waals surface area contributed by atoms with Crippen molar-refractivity contribution in [3.8, 4) is 5.75 Å². The highest BCUT2D eigenvalue weighted by molar-refractivity contribution is 7.99. The molecule has 1 N–H and O–H groups in total. The molecule has 0 aliphatic heterocycles. The van der Waals surface area contributed by atoms with Gasteiger partial charge in [0.15, 0.2) is 5.16 Å². The van der Waals surface area contributed by atoms with Gasteiger partial charge in [-0.05, 0) is 35.9 Å². The zero-order valence-electron chi connectivity index (χ0n) is 16.3. The number of nitrogens with zero attached hydrogens (tertiary/aromatic N) is 3. The van der Waals surface area contributed by atoms with E-state index in [0.717, 1.165) is 17.1 Å². The number of nitrogens with one attached hydrogen (secondary N) is 1. The Morgan fingerprint density at radius 3 is 2.73 bits per heavy atom. The van der Waals surface area contributed by atoms with E-state index in [1.165, 1.54) is 30.0 Å². The quantitative estimate of drug-likeness (QED) is 0.384. The average molecular weight is 447 g/mol. The predicted molar refractivity (Wildman–Crippen MR) is 117 cm³/mol. The lowest BCUT2D eigenvalue weighted by Crippen LogP contribution is -2.15. The Morgan fingerprint density at radius 1 is 1.30 bits per heavy atom. The first-order valence-electron chi connectivity index (χ1n) is 9.03. The van der Waals surface area contributed by atoms with Crippen LogP contribution in [0.25, 0.3) is 0 Å². The normalized spacial score (nSPS) is 10.6. The van der Waals surface area contributed by atoms with Crippen molar-refractivity contribution in [3.05, 3.63) is 77.3 Å². The van der Waals surface area contributed by atoms with Crippen molar-refractivity contribution in [1.29, 1.82) is 0 Å². The van der Waals surface area contributed by atoms with Gasteiger partial charge in [-0.2, -0.15) is 0 Å². The standard InChI is InChI=1S/C21H20ClFN4O2S/c1-3-10-27-19(11-14-4-7-16(29-2)8-5-14)25-26-21(27)30-13-20(28)24-15-6-9-18(23)17(22)12-15/h3-9,12H,1,10-11,13H2,2H3,(H,24,28). The molecule has 1 amide bonds. The zero-order chi connectivity index (χ0) is 21.5. The first kappa shape index (κ1) is 21.9. The smallest absolute Gasteiger partial charge is 0.234 e. The summed E-state index contributed by atoms with van der Waals surface area (Å²) in [7, 11) is 1.63. The molecule has 6 nitrogen and oxygen atoms in total. The fourth-order valence-electron chi connectivity index (χ4n) is 2.70. The number of anilines is 1. The van der Waals surface area contributed by atoms with E-state index in [1.807, 2.05) is 28.8 Å². The van der Waals surface area contributed by atoms with Gasteiger partial charge in [0.25, 0.3) is 0 Å². The van der Waals surface area contributed by atoms with Crippen LogP contribution in [-0.2, 0) is 17.8 Å². The molecule has 1 aromatic heterocycles. The molecule has 3 rings (SSSR count). The number of hydrogen-bond acceptors (Lipinski definition) is 5. The van der Waals surface area contributed by atoms with Crippen LogP contribution in [0, 0.1) is 5.82 Å². The van der Waals surface area contributed by atoms with E-state index >= 15 is 0 Å². The summed E-state index contributed by atoms with van der Waals surface area (Å²) in [6, 6.07) is 11.8. The lowest BCUT2D eigenvalue weighted by atomic mass is 10.1. The molecule has 0 aliphatic rings. The van der Waals surface area contributed by atoms with Gasteiger partial charge in [0.1, 0.15) is 17.4 Å². The maximum Gasteiger partial charge on any atom is 0.234 e. The second kappa shape index (κ2) is 10.3. The van der Waals surface area contributed by atoms with Crippen molar-refractivity contribution in [1.82, 2.24) is 14.8 Å². The van der Waals surface area contributed by atoms with E-state index in [4.69, 9.17) is 16.3 Å². The largest absolute Gasteiger partial charge is 0.497 e. The Labute approximate surface area is 183 Å². The molecule has 3 aromatic rings. The molecule has 0 fully saturated rings. The van der Waals surface area contributed by atoms with Gasteiger partial charge in [0, 0.05) is 18.7 Å². The van der Waals surface area contributed by atoms with E-state index in [1.54, 1.807) is 13.2 Å². The van der Waals surface area contributed by atoms with Gasteiger partial charge in [0.05, 0.1) is 17.9 Å². The molecule has 156 valence electrons. The summed E-state index contributed by atoms with van der Waals surface area (Å²) in [5, 5.41) is 11.8. The van der Waals surface area contributed by atoms with Gasteiger partial charge in [-0.15, -0.1) is 16.8 Å². The Morgan fingerprint density at radius 2 is 2.07 bits per heavy atom. The van der Waals surface area contributed by atoms with Crippen LogP contribution in [0.2, 0.25) is 5.02 Å².